The normalized spacial score (nSPS) is 12.4. The number of carbonyl (C=O) groups excluding carboxylic acids is 1. The Morgan fingerprint density at radius 3 is 2.52 bits per heavy atom. The second-order valence-corrected chi connectivity index (χ2v) is 5.65. The molecule has 1 aromatic carbocycles. The molecule has 0 saturated carbocycles. The van der Waals surface area contributed by atoms with Crippen molar-refractivity contribution in [3.63, 3.8) is 0 Å². The Morgan fingerprint density at radius 1 is 1.38 bits per heavy atom. The number of halogens is 2. The van der Waals surface area contributed by atoms with Crippen LogP contribution in [0.3, 0.4) is 0 Å². The van der Waals surface area contributed by atoms with Gasteiger partial charge in [0.05, 0.1) is 5.41 Å². The van der Waals surface area contributed by atoms with Crippen LogP contribution in [0.2, 0.25) is 0 Å². The standard InChI is InChI=1S/C16H25FN2O.ClH/c1-4-5-8-12(11-18)19-15(20)16(2,3)13-9-6-7-10-14(13)17;/h6-7,9-10,12H,4-5,8,11,18H2,1-3H3,(H,19,20);1H. The predicted octanol–water partition coefficient (Wildman–Crippen LogP) is 3.16. The Balaban J connectivity index is 0.00000400. The summed E-state index contributed by atoms with van der Waals surface area (Å²) in [6, 6.07) is 6.34. The first-order valence-electron chi connectivity index (χ1n) is 7.19. The minimum Gasteiger partial charge on any atom is -0.351 e. The van der Waals surface area contributed by atoms with Gasteiger partial charge >= 0.3 is 0 Å². The minimum atomic E-state index is -0.912. The highest BCUT2D eigenvalue weighted by Crippen LogP contribution is 2.26. The van der Waals surface area contributed by atoms with Gasteiger partial charge in [-0.3, -0.25) is 4.79 Å². The van der Waals surface area contributed by atoms with E-state index in [1.54, 1.807) is 32.0 Å². The van der Waals surface area contributed by atoms with Crippen molar-refractivity contribution in [3.05, 3.63) is 35.6 Å². The van der Waals surface area contributed by atoms with E-state index in [0.717, 1.165) is 19.3 Å². The third-order valence-corrected chi connectivity index (χ3v) is 3.64. The number of amides is 1. The molecule has 120 valence electrons. The zero-order chi connectivity index (χ0) is 15.2. The molecule has 0 aliphatic carbocycles. The molecule has 0 fully saturated rings. The maximum atomic E-state index is 13.9. The smallest absolute Gasteiger partial charge is 0.230 e. The van der Waals surface area contributed by atoms with E-state index in [0.29, 0.717) is 12.1 Å². The van der Waals surface area contributed by atoms with Gasteiger partial charge in [0, 0.05) is 18.2 Å². The zero-order valence-corrected chi connectivity index (χ0v) is 13.8. The van der Waals surface area contributed by atoms with Crippen LogP contribution in [-0.4, -0.2) is 18.5 Å². The summed E-state index contributed by atoms with van der Waals surface area (Å²) in [6.07, 6.45) is 2.93. The molecular weight excluding hydrogens is 291 g/mol. The van der Waals surface area contributed by atoms with Gasteiger partial charge < -0.3 is 11.1 Å². The first-order chi connectivity index (χ1) is 9.43. The fourth-order valence-corrected chi connectivity index (χ4v) is 2.16. The summed E-state index contributed by atoms with van der Waals surface area (Å²) in [5.41, 5.74) is 5.18. The van der Waals surface area contributed by atoms with Crippen LogP contribution in [0.5, 0.6) is 0 Å². The quantitative estimate of drug-likeness (QED) is 0.812. The van der Waals surface area contributed by atoms with Crippen LogP contribution < -0.4 is 11.1 Å². The Bertz CT molecular complexity index is 452. The molecule has 0 saturated heterocycles. The molecule has 0 radical (unpaired) electrons. The summed E-state index contributed by atoms with van der Waals surface area (Å²) in [6.45, 7) is 5.96. The van der Waals surface area contributed by atoms with E-state index in [2.05, 4.69) is 12.2 Å². The molecule has 0 aromatic heterocycles. The predicted molar refractivity (Wildman–Crippen MR) is 87.2 cm³/mol. The van der Waals surface area contributed by atoms with Gasteiger partial charge in [0.1, 0.15) is 5.82 Å². The number of unbranched alkanes of at least 4 members (excludes halogenated alkanes) is 1. The van der Waals surface area contributed by atoms with Crippen molar-refractivity contribution in [2.45, 2.75) is 51.5 Å². The molecule has 0 aliphatic rings. The molecule has 1 atom stereocenters. The molecule has 3 N–H and O–H groups in total. The number of benzene rings is 1. The molecule has 0 spiro atoms. The summed E-state index contributed by atoms with van der Waals surface area (Å²) in [7, 11) is 0. The lowest BCUT2D eigenvalue weighted by molar-refractivity contribution is -0.126. The molecule has 1 aromatic rings. The van der Waals surface area contributed by atoms with Crippen LogP contribution >= 0.6 is 12.4 Å². The number of nitrogens with two attached hydrogens (primary N) is 1. The third kappa shape index (κ3) is 5.29. The summed E-state index contributed by atoms with van der Waals surface area (Å²) in [5.74, 6) is -0.542. The van der Waals surface area contributed by atoms with Gasteiger partial charge in [-0.2, -0.15) is 0 Å². The second kappa shape index (κ2) is 9.00. The van der Waals surface area contributed by atoms with Crippen molar-refractivity contribution in [1.29, 1.82) is 0 Å². The largest absolute Gasteiger partial charge is 0.351 e. The maximum Gasteiger partial charge on any atom is 0.230 e. The molecule has 3 nitrogen and oxygen atoms in total. The highest BCUT2D eigenvalue weighted by Gasteiger charge is 2.33. The highest BCUT2D eigenvalue weighted by atomic mass is 35.5. The third-order valence-electron chi connectivity index (χ3n) is 3.64. The summed E-state index contributed by atoms with van der Waals surface area (Å²) in [5, 5.41) is 2.94. The lowest BCUT2D eigenvalue weighted by Gasteiger charge is -2.27. The van der Waals surface area contributed by atoms with Crippen LogP contribution in [0.15, 0.2) is 24.3 Å². The number of hydrogen-bond acceptors (Lipinski definition) is 2. The van der Waals surface area contributed by atoms with Crippen molar-refractivity contribution < 1.29 is 9.18 Å². The van der Waals surface area contributed by atoms with Crippen molar-refractivity contribution in [1.82, 2.24) is 5.32 Å². The SMILES string of the molecule is CCCCC(CN)NC(=O)C(C)(C)c1ccccc1F.Cl. The molecule has 1 rings (SSSR count). The average Bonchev–Trinajstić information content (AvgIpc) is 2.43. The first-order valence-corrected chi connectivity index (χ1v) is 7.19. The van der Waals surface area contributed by atoms with Gasteiger partial charge in [-0.05, 0) is 26.3 Å². The van der Waals surface area contributed by atoms with E-state index in [-0.39, 0.29) is 30.2 Å². The van der Waals surface area contributed by atoms with Crippen molar-refractivity contribution in [2.24, 2.45) is 5.73 Å². The van der Waals surface area contributed by atoms with Gasteiger partial charge in [-0.15, -0.1) is 12.4 Å². The van der Waals surface area contributed by atoms with Crippen LogP contribution in [0, 0.1) is 5.82 Å². The number of hydrogen-bond donors (Lipinski definition) is 2. The molecule has 0 bridgehead atoms. The fraction of sp³-hybridized carbons (Fsp3) is 0.562. The van der Waals surface area contributed by atoms with Crippen LogP contribution in [0.25, 0.3) is 0 Å². The van der Waals surface area contributed by atoms with Crippen LogP contribution in [0.4, 0.5) is 4.39 Å². The van der Waals surface area contributed by atoms with E-state index in [1.165, 1.54) is 6.07 Å². The fourth-order valence-electron chi connectivity index (χ4n) is 2.16. The van der Waals surface area contributed by atoms with E-state index in [9.17, 15) is 9.18 Å². The average molecular weight is 317 g/mol. The van der Waals surface area contributed by atoms with Gasteiger partial charge in [-0.25, -0.2) is 4.39 Å². The van der Waals surface area contributed by atoms with Crippen molar-refractivity contribution >= 4 is 18.3 Å². The van der Waals surface area contributed by atoms with Crippen molar-refractivity contribution in [3.8, 4) is 0 Å². The van der Waals surface area contributed by atoms with Gasteiger partial charge in [-0.1, -0.05) is 38.0 Å². The van der Waals surface area contributed by atoms with Crippen LogP contribution in [0.1, 0.15) is 45.6 Å². The Kier molecular flexibility index (Phi) is 8.52. The zero-order valence-electron chi connectivity index (χ0n) is 13.0. The van der Waals surface area contributed by atoms with E-state index >= 15 is 0 Å². The Morgan fingerprint density at radius 2 is 2.00 bits per heavy atom. The molecule has 21 heavy (non-hydrogen) atoms. The maximum absolute atomic E-state index is 13.9. The Hall–Kier alpha value is -1.13. The number of nitrogens with one attached hydrogen (secondary N) is 1. The minimum absolute atomic E-state index is 0. The van der Waals surface area contributed by atoms with E-state index in [4.69, 9.17) is 5.73 Å². The summed E-state index contributed by atoms with van der Waals surface area (Å²) < 4.78 is 13.9. The van der Waals surface area contributed by atoms with Gasteiger partial charge in [0.25, 0.3) is 0 Å². The molecule has 5 heteroatoms. The molecule has 0 aliphatic heterocycles. The lowest BCUT2D eigenvalue weighted by Crippen LogP contribution is -2.48. The summed E-state index contributed by atoms with van der Waals surface area (Å²) >= 11 is 0. The van der Waals surface area contributed by atoms with Crippen LogP contribution in [-0.2, 0) is 10.2 Å². The second-order valence-electron chi connectivity index (χ2n) is 5.65. The van der Waals surface area contributed by atoms with Gasteiger partial charge in [0.2, 0.25) is 5.91 Å². The van der Waals surface area contributed by atoms with Crippen molar-refractivity contribution in [2.75, 3.05) is 6.54 Å². The first kappa shape index (κ1) is 19.9. The molecule has 1 amide bonds. The summed E-state index contributed by atoms with van der Waals surface area (Å²) in [4.78, 5) is 12.4. The number of carbonyl (C=O) groups is 1. The monoisotopic (exact) mass is 316 g/mol. The molecule has 1 unspecified atom stereocenters. The molecule has 0 heterocycles. The topological polar surface area (TPSA) is 55.1 Å². The van der Waals surface area contributed by atoms with E-state index in [1.807, 2.05) is 0 Å². The Labute approximate surface area is 132 Å². The molecular formula is C16H26ClFN2O. The lowest BCUT2D eigenvalue weighted by atomic mass is 9.83. The highest BCUT2D eigenvalue weighted by molar-refractivity contribution is 5.87. The number of rotatable bonds is 7. The van der Waals surface area contributed by atoms with E-state index < -0.39 is 5.41 Å². The van der Waals surface area contributed by atoms with Gasteiger partial charge in [0.15, 0.2) is 0 Å².